The minimum Gasteiger partial charge on any atom is -0.462 e. The fraction of sp³-hybridized carbons (Fsp3) is 0.900. The lowest BCUT2D eigenvalue weighted by Crippen LogP contribution is -2.62. The smallest absolute Gasteiger partial charge is 0.320 e. The van der Waals surface area contributed by atoms with Crippen molar-refractivity contribution in [3.63, 3.8) is 0 Å². The van der Waals surface area contributed by atoms with Crippen molar-refractivity contribution < 1.29 is 19.0 Å². The largest absolute Gasteiger partial charge is 0.462 e. The van der Waals surface area contributed by atoms with Crippen LogP contribution in [0.5, 0.6) is 0 Å². The van der Waals surface area contributed by atoms with Gasteiger partial charge in [-0.15, -0.1) is 0 Å². The molecule has 0 amide bonds. The van der Waals surface area contributed by atoms with E-state index in [4.69, 9.17) is 19.7 Å². The predicted octanol–water partition coefficient (Wildman–Crippen LogP) is 1.52. The topological polar surface area (TPSA) is 93.5 Å². The van der Waals surface area contributed by atoms with Crippen molar-refractivity contribution in [2.75, 3.05) is 6.61 Å². The molecule has 0 saturated carbocycles. The van der Waals surface area contributed by atoms with Crippen molar-refractivity contribution in [2.45, 2.75) is 50.7 Å². The molecule has 94 valence electrons. The van der Waals surface area contributed by atoms with Crippen LogP contribution in [0.2, 0.25) is 0 Å². The molecule has 2 aliphatic rings. The van der Waals surface area contributed by atoms with Crippen molar-refractivity contribution >= 4 is 5.97 Å². The van der Waals surface area contributed by atoms with Gasteiger partial charge in [0.2, 0.25) is 0 Å². The second-order valence-corrected chi connectivity index (χ2v) is 5.23. The van der Waals surface area contributed by atoms with Gasteiger partial charge in [-0.2, -0.15) is 0 Å². The molecule has 2 fully saturated rings. The van der Waals surface area contributed by atoms with Crippen LogP contribution < -0.4 is 0 Å². The summed E-state index contributed by atoms with van der Waals surface area (Å²) in [6.07, 6.45) is -0.651. The first-order valence-electron chi connectivity index (χ1n) is 5.35. The molecule has 0 bridgehead atoms. The number of rotatable bonds is 1. The van der Waals surface area contributed by atoms with Crippen molar-refractivity contribution in [2.24, 2.45) is 5.11 Å². The zero-order valence-corrected chi connectivity index (χ0v) is 10.3. The van der Waals surface area contributed by atoms with Gasteiger partial charge in [-0.25, -0.2) is 0 Å². The standard InChI is InChI=1S/C10H15N3O4/c1-8(2)16-6-9(3,17-8)5-15-7(14)10(6,4)12-13-11/h6H,5H2,1-4H3/t6-,9-,10-/m0/s1. The van der Waals surface area contributed by atoms with Gasteiger partial charge in [-0.3, -0.25) is 4.79 Å². The Morgan fingerprint density at radius 3 is 2.65 bits per heavy atom. The zero-order chi connectivity index (χ0) is 12.9. The highest BCUT2D eigenvalue weighted by molar-refractivity contribution is 5.83. The van der Waals surface area contributed by atoms with E-state index in [1.165, 1.54) is 6.92 Å². The maximum absolute atomic E-state index is 11.8. The summed E-state index contributed by atoms with van der Waals surface area (Å²) in [4.78, 5) is 14.5. The molecule has 2 heterocycles. The molecule has 0 unspecified atom stereocenters. The molecule has 2 saturated heterocycles. The summed E-state index contributed by atoms with van der Waals surface area (Å²) >= 11 is 0. The van der Waals surface area contributed by atoms with Gasteiger partial charge in [-0.1, -0.05) is 5.11 Å². The summed E-state index contributed by atoms with van der Waals surface area (Å²) in [5.74, 6) is -1.42. The third-order valence-electron chi connectivity index (χ3n) is 3.10. The van der Waals surface area contributed by atoms with Gasteiger partial charge in [0.1, 0.15) is 18.3 Å². The molecule has 7 heteroatoms. The van der Waals surface area contributed by atoms with Crippen LogP contribution in [0.25, 0.3) is 10.4 Å². The van der Waals surface area contributed by atoms with Crippen LogP contribution in [0.1, 0.15) is 27.7 Å². The Bertz CT molecular complexity index is 418. The highest BCUT2D eigenvalue weighted by Crippen LogP contribution is 2.45. The fourth-order valence-electron chi connectivity index (χ4n) is 2.51. The van der Waals surface area contributed by atoms with Gasteiger partial charge in [0, 0.05) is 4.91 Å². The first-order valence-corrected chi connectivity index (χ1v) is 5.35. The Balaban J connectivity index is 2.46. The predicted molar refractivity (Wildman–Crippen MR) is 57.0 cm³/mol. The van der Waals surface area contributed by atoms with Crippen molar-refractivity contribution in [3.05, 3.63) is 10.4 Å². The maximum atomic E-state index is 11.8. The van der Waals surface area contributed by atoms with Crippen LogP contribution in [0.15, 0.2) is 5.11 Å². The lowest BCUT2D eigenvalue weighted by atomic mass is 9.82. The summed E-state index contributed by atoms with van der Waals surface area (Å²) in [6, 6.07) is 0. The number of hydrogen-bond acceptors (Lipinski definition) is 5. The molecule has 0 radical (unpaired) electrons. The Morgan fingerprint density at radius 2 is 2.06 bits per heavy atom. The van der Waals surface area contributed by atoms with Crippen LogP contribution in [0, 0.1) is 0 Å². The number of cyclic esters (lactones) is 1. The molecule has 7 nitrogen and oxygen atoms in total. The normalized spacial score (nSPS) is 43.5. The van der Waals surface area contributed by atoms with Crippen LogP contribution >= 0.6 is 0 Å². The molecule has 0 aromatic carbocycles. The second-order valence-electron chi connectivity index (χ2n) is 5.23. The third-order valence-corrected chi connectivity index (χ3v) is 3.10. The van der Waals surface area contributed by atoms with Crippen molar-refractivity contribution in [1.29, 1.82) is 0 Å². The number of esters is 1. The SMILES string of the molecule is CC1(C)O[C@H]2[C@](C)(COC(=O)[C@@]2(C)N=[N+]=[N-])O1. The summed E-state index contributed by atoms with van der Waals surface area (Å²) in [5.41, 5.74) is 6.41. The Morgan fingerprint density at radius 1 is 1.41 bits per heavy atom. The lowest BCUT2D eigenvalue weighted by molar-refractivity contribution is -0.180. The van der Waals surface area contributed by atoms with E-state index in [0.29, 0.717) is 0 Å². The molecule has 2 aliphatic heterocycles. The minimum atomic E-state index is -1.39. The van der Waals surface area contributed by atoms with E-state index in [-0.39, 0.29) is 6.61 Å². The number of carbonyl (C=O) groups excluding carboxylic acids is 1. The molecule has 17 heavy (non-hydrogen) atoms. The van der Waals surface area contributed by atoms with Crippen LogP contribution in [0.4, 0.5) is 0 Å². The molecule has 2 rings (SSSR count). The van der Waals surface area contributed by atoms with E-state index in [2.05, 4.69) is 10.0 Å². The summed E-state index contributed by atoms with van der Waals surface area (Å²) in [6.45, 7) is 6.87. The minimum absolute atomic E-state index is 0.0937. The van der Waals surface area contributed by atoms with Gasteiger partial charge >= 0.3 is 5.97 Å². The molecular weight excluding hydrogens is 226 g/mol. The zero-order valence-electron chi connectivity index (χ0n) is 10.3. The highest BCUT2D eigenvalue weighted by Gasteiger charge is 2.64. The summed E-state index contributed by atoms with van der Waals surface area (Å²) in [7, 11) is 0. The molecule has 0 spiro atoms. The summed E-state index contributed by atoms with van der Waals surface area (Å²) in [5, 5.41) is 3.55. The van der Waals surface area contributed by atoms with E-state index in [9.17, 15) is 4.79 Å². The number of hydrogen-bond donors (Lipinski definition) is 0. The highest BCUT2D eigenvalue weighted by atomic mass is 16.8. The number of azide groups is 1. The van der Waals surface area contributed by atoms with Gasteiger partial charge < -0.3 is 14.2 Å². The second kappa shape index (κ2) is 3.35. The average molecular weight is 241 g/mol. The molecule has 0 aliphatic carbocycles. The molecule has 0 N–H and O–H groups in total. The fourth-order valence-corrected chi connectivity index (χ4v) is 2.51. The average Bonchev–Trinajstić information content (AvgIpc) is 2.45. The molecule has 0 aromatic heterocycles. The van der Waals surface area contributed by atoms with Gasteiger partial charge in [-0.05, 0) is 33.2 Å². The first kappa shape index (κ1) is 12.2. The quantitative estimate of drug-likeness (QED) is 0.301. The number of fused-ring (bicyclic) bond motifs is 1. The maximum Gasteiger partial charge on any atom is 0.320 e. The van der Waals surface area contributed by atoms with Crippen LogP contribution in [-0.4, -0.2) is 35.6 Å². The Hall–Kier alpha value is -1.30. The Labute approximate surface area is 98.6 Å². The van der Waals surface area contributed by atoms with Crippen molar-refractivity contribution in [1.82, 2.24) is 0 Å². The van der Waals surface area contributed by atoms with Gasteiger partial charge in [0.05, 0.1) is 0 Å². The van der Waals surface area contributed by atoms with Crippen LogP contribution in [0.3, 0.4) is 0 Å². The van der Waals surface area contributed by atoms with E-state index in [1.807, 2.05) is 0 Å². The van der Waals surface area contributed by atoms with E-state index in [0.717, 1.165) is 0 Å². The number of ether oxygens (including phenoxy) is 3. The van der Waals surface area contributed by atoms with Crippen molar-refractivity contribution in [3.8, 4) is 0 Å². The van der Waals surface area contributed by atoms with Crippen LogP contribution in [-0.2, 0) is 19.0 Å². The van der Waals surface area contributed by atoms with Gasteiger partial charge in [0.15, 0.2) is 11.3 Å². The van der Waals surface area contributed by atoms with E-state index in [1.54, 1.807) is 20.8 Å². The monoisotopic (exact) mass is 241 g/mol. The number of carbonyl (C=O) groups is 1. The van der Waals surface area contributed by atoms with E-state index < -0.39 is 29.0 Å². The molecular formula is C10H15N3O4. The number of nitrogens with zero attached hydrogens (tertiary/aromatic N) is 3. The molecule has 3 atom stereocenters. The lowest BCUT2D eigenvalue weighted by Gasteiger charge is -2.40. The first-order chi connectivity index (χ1) is 7.73. The third kappa shape index (κ3) is 1.67. The van der Waals surface area contributed by atoms with Gasteiger partial charge in [0.25, 0.3) is 0 Å². The molecule has 0 aromatic rings. The Kier molecular flexibility index (Phi) is 2.40. The van der Waals surface area contributed by atoms with E-state index >= 15 is 0 Å². The summed E-state index contributed by atoms with van der Waals surface area (Å²) < 4.78 is 16.5.